The number of nitrogens with zero attached hydrogens (tertiary/aromatic N) is 3. The first-order valence-corrected chi connectivity index (χ1v) is 5.80. The second-order valence-corrected chi connectivity index (χ2v) is 3.97. The molecule has 1 aromatic carbocycles. The van der Waals surface area contributed by atoms with Crippen LogP contribution < -0.4 is 5.69 Å². The Morgan fingerprint density at radius 2 is 2.06 bits per heavy atom. The van der Waals surface area contributed by atoms with E-state index in [1.807, 2.05) is 37.3 Å². The molecule has 2 heterocycles. The second kappa shape index (κ2) is 4.10. The van der Waals surface area contributed by atoms with Gasteiger partial charge in [-0.3, -0.25) is 4.57 Å². The summed E-state index contributed by atoms with van der Waals surface area (Å²) in [5.74, 6) is 0.629. The Morgan fingerprint density at radius 1 is 1.28 bits per heavy atom. The molecule has 0 fully saturated rings. The average molecular weight is 240 g/mol. The minimum atomic E-state index is -0.146. The highest BCUT2D eigenvalue weighted by Crippen LogP contribution is 2.16. The second-order valence-electron chi connectivity index (χ2n) is 3.97. The van der Waals surface area contributed by atoms with E-state index in [9.17, 15) is 4.79 Å². The summed E-state index contributed by atoms with van der Waals surface area (Å²) in [6.07, 6.45) is 1.65. The Labute approximate surface area is 103 Å². The average Bonchev–Trinajstić information content (AvgIpc) is 2.74. The summed E-state index contributed by atoms with van der Waals surface area (Å²) in [6, 6.07) is 9.71. The van der Waals surface area contributed by atoms with Crippen molar-refractivity contribution < 1.29 is 0 Å². The van der Waals surface area contributed by atoms with Crippen LogP contribution in [0.2, 0.25) is 0 Å². The van der Waals surface area contributed by atoms with E-state index in [1.54, 1.807) is 10.8 Å². The summed E-state index contributed by atoms with van der Waals surface area (Å²) in [5, 5.41) is 0. The van der Waals surface area contributed by atoms with Crippen LogP contribution >= 0.6 is 0 Å². The summed E-state index contributed by atoms with van der Waals surface area (Å²) in [4.78, 5) is 23.1. The van der Waals surface area contributed by atoms with Crippen LogP contribution in [0.15, 0.2) is 41.3 Å². The van der Waals surface area contributed by atoms with Crippen LogP contribution in [-0.4, -0.2) is 19.5 Å². The number of fused-ring (bicyclic) bond motifs is 1. The summed E-state index contributed by atoms with van der Waals surface area (Å²) in [7, 11) is 0. The smallest absolute Gasteiger partial charge is 0.303 e. The van der Waals surface area contributed by atoms with Crippen molar-refractivity contribution in [3.05, 3.63) is 47.0 Å². The number of hydrogen-bond acceptors (Lipinski definition) is 3. The molecule has 18 heavy (non-hydrogen) atoms. The van der Waals surface area contributed by atoms with Crippen molar-refractivity contribution in [3.63, 3.8) is 0 Å². The molecular weight excluding hydrogens is 228 g/mol. The fourth-order valence-corrected chi connectivity index (χ4v) is 1.97. The van der Waals surface area contributed by atoms with Crippen LogP contribution in [0.25, 0.3) is 22.6 Å². The van der Waals surface area contributed by atoms with Crippen LogP contribution in [0.5, 0.6) is 0 Å². The number of H-pyrrole nitrogens is 1. The maximum absolute atomic E-state index is 11.7. The molecule has 0 aliphatic rings. The Kier molecular flexibility index (Phi) is 2.44. The molecule has 0 unspecified atom stereocenters. The molecule has 0 aliphatic carbocycles. The number of aromatic amines is 1. The molecule has 0 amide bonds. The minimum Gasteiger partial charge on any atom is -0.303 e. The zero-order valence-corrected chi connectivity index (χ0v) is 9.92. The van der Waals surface area contributed by atoms with Gasteiger partial charge < -0.3 is 4.98 Å². The topological polar surface area (TPSA) is 63.6 Å². The maximum atomic E-state index is 11.7. The molecule has 0 bridgehead atoms. The molecule has 2 aromatic heterocycles. The van der Waals surface area contributed by atoms with Crippen molar-refractivity contribution in [2.45, 2.75) is 13.5 Å². The van der Waals surface area contributed by atoms with E-state index in [4.69, 9.17) is 0 Å². The van der Waals surface area contributed by atoms with Gasteiger partial charge in [0.1, 0.15) is 5.52 Å². The zero-order valence-electron chi connectivity index (χ0n) is 9.92. The van der Waals surface area contributed by atoms with Crippen LogP contribution in [0.4, 0.5) is 0 Å². The van der Waals surface area contributed by atoms with E-state index < -0.39 is 0 Å². The Bertz CT molecular complexity index is 743. The lowest BCUT2D eigenvalue weighted by molar-refractivity contribution is 0.745. The molecule has 90 valence electrons. The summed E-state index contributed by atoms with van der Waals surface area (Å²) in [5.41, 5.74) is 2.11. The first kappa shape index (κ1) is 10.7. The molecule has 3 aromatic rings. The number of aryl methyl sites for hydroxylation is 1. The van der Waals surface area contributed by atoms with Crippen LogP contribution in [0, 0.1) is 0 Å². The molecule has 5 nitrogen and oxygen atoms in total. The van der Waals surface area contributed by atoms with Gasteiger partial charge in [-0.1, -0.05) is 30.3 Å². The molecule has 0 spiro atoms. The van der Waals surface area contributed by atoms with E-state index in [-0.39, 0.29) is 5.69 Å². The Morgan fingerprint density at radius 3 is 2.78 bits per heavy atom. The minimum absolute atomic E-state index is 0.146. The lowest BCUT2D eigenvalue weighted by Crippen LogP contribution is -2.15. The number of nitrogens with one attached hydrogen (secondary N) is 1. The largest absolute Gasteiger partial charge is 0.327 e. The fourth-order valence-electron chi connectivity index (χ4n) is 1.97. The predicted octanol–water partition coefficient (Wildman–Crippen LogP) is 1.81. The van der Waals surface area contributed by atoms with Crippen molar-refractivity contribution in [2.75, 3.05) is 0 Å². The van der Waals surface area contributed by atoms with Gasteiger partial charge >= 0.3 is 5.69 Å². The van der Waals surface area contributed by atoms with Gasteiger partial charge in [0, 0.05) is 12.1 Å². The van der Waals surface area contributed by atoms with Gasteiger partial charge in [0.2, 0.25) is 0 Å². The van der Waals surface area contributed by atoms with Gasteiger partial charge in [-0.25, -0.2) is 14.8 Å². The molecule has 0 aliphatic heterocycles. The third-order valence-corrected chi connectivity index (χ3v) is 2.86. The molecule has 1 N–H and O–H groups in total. The van der Waals surface area contributed by atoms with Crippen molar-refractivity contribution in [3.8, 4) is 11.4 Å². The van der Waals surface area contributed by atoms with Crippen LogP contribution in [0.3, 0.4) is 0 Å². The molecular formula is C13H12N4O. The first-order valence-electron chi connectivity index (χ1n) is 5.80. The van der Waals surface area contributed by atoms with E-state index in [0.29, 0.717) is 23.5 Å². The number of hydrogen-bond donors (Lipinski definition) is 1. The summed E-state index contributed by atoms with van der Waals surface area (Å²) in [6.45, 7) is 2.50. The zero-order chi connectivity index (χ0) is 12.5. The SMILES string of the molecule is CCn1c(=O)[nH]c2cnc(-c3ccccc3)nc21. The van der Waals surface area contributed by atoms with Crippen molar-refractivity contribution >= 4 is 11.2 Å². The van der Waals surface area contributed by atoms with Gasteiger partial charge in [0.25, 0.3) is 0 Å². The Balaban J connectivity index is 2.25. The van der Waals surface area contributed by atoms with Gasteiger partial charge in [-0.15, -0.1) is 0 Å². The normalized spacial score (nSPS) is 10.9. The van der Waals surface area contributed by atoms with E-state index in [2.05, 4.69) is 15.0 Å². The molecule has 0 radical (unpaired) electrons. The Hall–Kier alpha value is -2.43. The monoisotopic (exact) mass is 240 g/mol. The van der Waals surface area contributed by atoms with Crippen molar-refractivity contribution in [1.29, 1.82) is 0 Å². The van der Waals surface area contributed by atoms with Crippen molar-refractivity contribution in [2.24, 2.45) is 0 Å². The number of rotatable bonds is 2. The molecule has 0 saturated heterocycles. The van der Waals surface area contributed by atoms with E-state index in [1.165, 1.54) is 0 Å². The lowest BCUT2D eigenvalue weighted by Gasteiger charge is -2.01. The fraction of sp³-hybridized carbons (Fsp3) is 0.154. The summed E-state index contributed by atoms with van der Waals surface area (Å²) < 4.78 is 1.60. The highest BCUT2D eigenvalue weighted by molar-refractivity contribution is 5.72. The van der Waals surface area contributed by atoms with E-state index in [0.717, 1.165) is 5.56 Å². The molecule has 0 atom stereocenters. The van der Waals surface area contributed by atoms with Crippen molar-refractivity contribution in [1.82, 2.24) is 19.5 Å². The third-order valence-electron chi connectivity index (χ3n) is 2.86. The van der Waals surface area contributed by atoms with Gasteiger partial charge in [0.15, 0.2) is 11.5 Å². The van der Waals surface area contributed by atoms with Crippen LogP contribution in [-0.2, 0) is 6.54 Å². The number of benzene rings is 1. The van der Waals surface area contributed by atoms with Gasteiger partial charge in [-0.05, 0) is 6.92 Å². The standard InChI is InChI=1S/C13H12N4O/c1-2-17-12-10(15-13(17)18)8-14-11(16-12)9-6-4-3-5-7-9/h3-8H,2H2,1H3,(H,15,18). The first-order chi connectivity index (χ1) is 8.79. The molecule has 0 saturated carbocycles. The van der Waals surface area contributed by atoms with Gasteiger partial charge in [-0.2, -0.15) is 0 Å². The number of imidazole rings is 1. The quantitative estimate of drug-likeness (QED) is 0.743. The molecule has 5 heteroatoms. The highest BCUT2D eigenvalue weighted by atomic mass is 16.1. The summed E-state index contributed by atoms with van der Waals surface area (Å²) >= 11 is 0. The van der Waals surface area contributed by atoms with Crippen LogP contribution in [0.1, 0.15) is 6.92 Å². The molecule has 3 rings (SSSR count). The third kappa shape index (κ3) is 1.60. The van der Waals surface area contributed by atoms with Gasteiger partial charge in [0.05, 0.1) is 6.20 Å². The van der Waals surface area contributed by atoms with E-state index >= 15 is 0 Å². The highest BCUT2D eigenvalue weighted by Gasteiger charge is 2.09. The predicted molar refractivity (Wildman–Crippen MR) is 69.3 cm³/mol. The number of aromatic nitrogens is 4. The maximum Gasteiger partial charge on any atom is 0.327 e. The lowest BCUT2D eigenvalue weighted by atomic mass is 10.2.